The van der Waals surface area contributed by atoms with Crippen LogP contribution in [0, 0.1) is 0 Å². The largest absolute Gasteiger partial charge is 0.349 e. The van der Waals surface area contributed by atoms with E-state index in [0.717, 1.165) is 11.1 Å². The molecule has 2 rings (SSSR count). The molecule has 202 valence electrons. The first-order chi connectivity index (χ1) is 16.9. The molecule has 0 saturated heterocycles. The van der Waals surface area contributed by atoms with Gasteiger partial charge in [0.25, 0.3) is 0 Å². The molecule has 0 heterocycles. The van der Waals surface area contributed by atoms with Crippen molar-refractivity contribution < 1.29 is 27.2 Å². The molecule has 0 saturated carbocycles. The molecule has 2 atom stereocenters. The van der Waals surface area contributed by atoms with Gasteiger partial charge in [-0.1, -0.05) is 82.3 Å². The third kappa shape index (κ3) is 9.63. The Labute approximate surface area is 225 Å². The second kappa shape index (κ2) is 14.6. The lowest BCUT2D eigenvalue weighted by molar-refractivity contribution is 0.139. The van der Waals surface area contributed by atoms with E-state index in [1.54, 1.807) is 0 Å². The van der Waals surface area contributed by atoms with Crippen molar-refractivity contribution >= 4 is 36.8 Å². The van der Waals surface area contributed by atoms with Gasteiger partial charge in [-0.3, -0.25) is 9.13 Å². The highest BCUT2D eigenvalue weighted by atomic mass is 33.1. The van der Waals surface area contributed by atoms with Crippen LogP contribution in [0.3, 0.4) is 0 Å². The predicted octanol–water partition coefficient (Wildman–Crippen LogP) is 9.85. The normalized spacial score (nSPS) is 14.7. The van der Waals surface area contributed by atoms with Gasteiger partial charge in [0, 0.05) is 0 Å². The lowest BCUT2D eigenvalue weighted by Gasteiger charge is -2.32. The van der Waals surface area contributed by atoms with Crippen molar-refractivity contribution in [1.29, 1.82) is 0 Å². The van der Waals surface area contributed by atoms with Gasteiger partial charge in [0.2, 0.25) is 0 Å². The summed E-state index contributed by atoms with van der Waals surface area (Å²) in [4.78, 5) is -1.32. The Morgan fingerprint density at radius 3 is 0.972 bits per heavy atom. The van der Waals surface area contributed by atoms with Crippen LogP contribution >= 0.6 is 36.8 Å². The maximum absolute atomic E-state index is 14.3. The van der Waals surface area contributed by atoms with E-state index < -0.39 is 25.2 Å². The van der Waals surface area contributed by atoms with E-state index in [1.807, 2.05) is 116 Å². The number of benzene rings is 2. The minimum Gasteiger partial charge on any atom is -0.305 e. The van der Waals surface area contributed by atoms with E-state index in [0.29, 0.717) is 0 Å². The van der Waals surface area contributed by atoms with E-state index in [-0.39, 0.29) is 24.4 Å². The standard InChI is InChI=1S/C26H40O6P2S2/c1-19(2)29-33(27,30-20(3)4)25(23-15-11-9-12-16-23)35-36-26(24-17-13-10-14-18-24)34(28,31-21(5)6)32-22(7)8/h9-22,25-26H,1-8H3/t25-,26-/m0/s1. The molecule has 0 spiro atoms. The molecule has 0 radical (unpaired) electrons. The van der Waals surface area contributed by atoms with Crippen molar-refractivity contribution in [2.24, 2.45) is 0 Å². The fraction of sp³-hybridized carbons (Fsp3) is 0.538. The molecule has 36 heavy (non-hydrogen) atoms. The van der Waals surface area contributed by atoms with E-state index in [9.17, 15) is 9.13 Å². The predicted molar refractivity (Wildman–Crippen MR) is 154 cm³/mol. The quantitative estimate of drug-likeness (QED) is 0.154. The van der Waals surface area contributed by atoms with Crippen molar-refractivity contribution in [3.05, 3.63) is 71.8 Å². The second-order valence-corrected chi connectivity index (χ2v) is 16.6. The average molecular weight is 575 g/mol. The molecule has 0 aliphatic carbocycles. The molecular weight excluding hydrogens is 534 g/mol. The first-order valence-electron chi connectivity index (χ1n) is 12.2. The molecule has 0 amide bonds. The Kier molecular flexibility index (Phi) is 12.8. The van der Waals surface area contributed by atoms with Crippen LogP contribution in [0.4, 0.5) is 0 Å². The number of hydrogen-bond acceptors (Lipinski definition) is 8. The van der Waals surface area contributed by atoms with Crippen LogP contribution in [0.15, 0.2) is 60.7 Å². The summed E-state index contributed by atoms with van der Waals surface area (Å²) in [6.07, 6.45) is -1.24. The first kappa shape index (κ1) is 31.7. The van der Waals surface area contributed by atoms with Crippen molar-refractivity contribution in [2.45, 2.75) is 89.8 Å². The molecule has 0 N–H and O–H groups in total. The maximum Gasteiger partial charge on any atom is 0.349 e. The molecule has 0 bridgehead atoms. The van der Waals surface area contributed by atoms with Gasteiger partial charge in [-0.05, 0) is 66.5 Å². The third-order valence-electron chi connectivity index (χ3n) is 4.41. The Hall–Kier alpha value is -0.560. The van der Waals surface area contributed by atoms with Crippen molar-refractivity contribution in [2.75, 3.05) is 0 Å². The maximum atomic E-state index is 14.3. The summed E-state index contributed by atoms with van der Waals surface area (Å²) in [5.41, 5.74) is 1.60. The van der Waals surface area contributed by atoms with Gasteiger partial charge in [0.1, 0.15) is 9.98 Å². The fourth-order valence-electron chi connectivity index (χ4n) is 3.37. The molecule has 2 aromatic carbocycles. The van der Waals surface area contributed by atoms with E-state index >= 15 is 0 Å². The van der Waals surface area contributed by atoms with Crippen LogP contribution in [0.5, 0.6) is 0 Å². The highest BCUT2D eigenvalue weighted by Gasteiger charge is 2.45. The van der Waals surface area contributed by atoms with E-state index in [4.69, 9.17) is 18.1 Å². The highest BCUT2D eigenvalue weighted by Crippen LogP contribution is 2.75. The van der Waals surface area contributed by atoms with E-state index in [2.05, 4.69) is 0 Å². The minimum absolute atomic E-state index is 0.309. The first-order valence-corrected chi connectivity index (χ1v) is 17.7. The summed E-state index contributed by atoms with van der Waals surface area (Å²) >= 11 is 0. The average Bonchev–Trinajstić information content (AvgIpc) is 2.75. The summed E-state index contributed by atoms with van der Waals surface area (Å²) in [7, 11) is -4.65. The number of hydrogen-bond donors (Lipinski definition) is 0. The minimum atomic E-state index is -3.65. The molecule has 0 aromatic heterocycles. The zero-order valence-electron chi connectivity index (χ0n) is 22.4. The second-order valence-electron chi connectivity index (χ2n) is 9.41. The molecule has 0 aliphatic heterocycles. The topological polar surface area (TPSA) is 71.1 Å². The Morgan fingerprint density at radius 2 is 0.750 bits per heavy atom. The fourth-order valence-corrected chi connectivity index (χ4v) is 13.6. The lowest BCUT2D eigenvalue weighted by atomic mass is 10.2. The van der Waals surface area contributed by atoms with Crippen LogP contribution in [0.25, 0.3) is 0 Å². The van der Waals surface area contributed by atoms with Crippen molar-refractivity contribution in [3.63, 3.8) is 0 Å². The van der Waals surface area contributed by atoms with Gasteiger partial charge in [-0.15, -0.1) is 0 Å². The zero-order valence-corrected chi connectivity index (χ0v) is 25.8. The zero-order chi connectivity index (χ0) is 26.9. The van der Waals surface area contributed by atoms with Crippen molar-refractivity contribution in [1.82, 2.24) is 0 Å². The summed E-state index contributed by atoms with van der Waals surface area (Å²) in [6.45, 7) is 14.7. The van der Waals surface area contributed by atoms with Crippen LogP contribution in [-0.4, -0.2) is 24.4 Å². The van der Waals surface area contributed by atoms with Gasteiger partial charge in [0.05, 0.1) is 24.4 Å². The van der Waals surface area contributed by atoms with Crippen molar-refractivity contribution in [3.8, 4) is 0 Å². The molecule has 6 nitrogen and oxygen atoms in total. The summed E-state index contributed by atoms with van der Waals surface area (Å²) in [6, 6.07) is 19.0. The van der Waals surface area contributed by atoms with Gasteiger partial charge < -0.3 is 18.1 Å². The molecule has 0 unspecified atom stereocenters. The van der Waals surface area contributed by atoms with Gasteiger partial charge in [0.15, 0.2) is 0 Å². The highest BCUT2D eigenvalue weighted by molar-refractivity contribution is 8.78. The third-order valence-corrected chi connectivity index (χ3v) is 14.6. The smallest absolute Gasteiger partial charge is 0.305 e. The van der Waals surface area contributed by atoms with Crippen LogP contribution < -0.4 is 0 Å². The van der Waals surface area contributed by atoms with Gasteiger partial charge in [-0.2, -0.15) is 0 Å². The summed E-state index contributed by atoms with van der Waals surface area (Å²) in [5, 5.41) is 0. The Balaban J connectivity index is 2.56. The van der Waals surface area contributed by atoms with Crippen LogP contribution in [-0.2, 0) is 27.2 Å². The SMILES string of the molecule is CC(C)OP(=O)(OC(C)C)[C@@H](SS[C@@H](c1ccccc1)P(=O)(OC(C)C)OC(C)C)c1ccccc1. The van der Waals surface area contributed by atoms with Crippen LogP contribution in [0.1, 0.15) is 76.5 Å². The Morgan fingerprint density at radius 1 is 0.500 bits per heavy atom. The lowest BCUT2D eigenvalue weighted by Crippen LogP contribution is -2.13. The van der Waals surface area contributed by atoms with Crippen LogP contribution in [0.2, 0.25) is 0 Å². The molecule has 10 heteroatoms. The molecule has 0 aliphatic rings. The monoisotopic (exact) mass is 574 g/mol. The van der Waals surface area contributed by atoms with Gasteiger partial charge in [-0.25, -0.2) is 0 Å². The van der Waals surface area contributed by atoms with Gasteiger partial charge >= 0.3 is 15.2 Å². The Bertz CT molecular complexity index is 893. The molecular formula is C26H40O6P2S2. The molecule has 0 fully saturated rings. The summed E-state index contributed by atoms with van der Waals surface area (Å²) in [5.74, 6) is 0. The van der Waals surface area contributed by atoms with E-state index in [1.165, 1.54) is 21.6 Å². The summed E-state index contributed by atoms with van der Waals surface area (Å²) < 4.78 is 52.5. The number of rotatable bonds is 15. The molecule has 2 aromatic rings.